The number of sulfone groups is 1. The molecule has 0 atom stereocenters. The first-order chi connectivity index (χ1) is 15.8. The molecule has 5 rings (SSSR count). The van der Waals surface area contributed by atoms with E-state index in [0.29, 0.717) is 42.6 Å². The molecule has 178 valence electrons. The Hall–Kier alpha value is -2.56. The van der Waals surface area contributed by atoms with E-state index in [1.165, 1.54) is 6.42 Å². The first kappa shape index (κ1) is 23.6. The monoisotopic (exact) mass is 473 g/mol. The van der Waals surface area contributed by atoms with Crippen LogP contribution in [0.1, 0.15) is 61.7 Å². The summed E-state index contributed by atoms with van der Waals surface area (Å²) in [6, 6.07) is 3.26. The Balaban J connectivity index is 0.000000821. The van der Waals surface area contributed by atoms with Gasteiger partial charge in [-0.2, -0.15) is 0 Å². The van der Waals surface area contributed by atoms with E-state index >= 15 is 0 Å². The molecule has 1 saturated carbocycles. The van der Waals surface area contributed by atoms with Gasteiger partial charge in [0.1, 0.15) is 5.82 Å². The summed E-state index contributed by atoms with van der Waals surface area (Å²) in [6.45, 7) is 5.62. The van der Waals surface area contributed by atoms with Crippen molar-refractivity contribution >= 4 is 26.8 Å². The number of fused-ring (bicyclic) bond motifs is 3. The zero-order chi connectivity index (χ0) is 23.8. The first-order valence-electron chi connectivity index (χ1n) is 11.3. The fourth-order valence-corrected chi connectivity index (χ4v) is 5.05. The van der Waals surface area contributed by atoms with Crippen molar-refractivity contribution in [2.45, 2.75) is 70.2 Å². The molecular formula is C23H31N5O4S. The molecule has 1 aliphatic heterocycles. The summed E-state index contributed by atoms with van der Waals surface area (Å²) in [5.74, 6) is 1.84. The molecule has 1 fully saturated rings. The predicted octanol–water partition coefficient (Wildman–Crippen LogP) is 2.53. The minimum absolute atomic E-state index is 0.0578. The summed E-state index contributed by atoms with van der Waals surface area (Å²) in [7, 11) is -3.46. The lowest BCUT2D eigenvalue weighted by Gasteiger charge is -2.28. The van der Waals surface area contributed by atoms with Gasteiger partial charge in [-0.1, -0.05) is 20.3 Å². The molecule has 33 heavy (non-hydrogen) atoms. The van der Waals surface area contributed by atoms with Crippen molar-refractivity contribution in [1.29, 1.82) is 0 Å². The molecule has 0 spiro atoms. The Morgan fingerprint density at radius 1 is 1.06 bits per heavy atom. The minimum Gasteiger partial charge on any atom is -0.392 e. The number of aliphatic hydroxyl groups excluding tert-OH is 2. The van der Waals surface area contributed by atoms with Crippen LogP contribution in [0.2, 0.25) is 0 Å². The molecule has 9 nitrogen and oxygen atoms in total. The van der Waals surface area contributed by atoms with E-state index in [1.807, 2.05) is 4.57 Å². The average molecular weight is 474 g/mol. The highest BCUT2D eigenvalue weighted by molar-refractivity contribution is 7.90. The number of rotatable bonds is 5. The van der Waals surface area contributed by atoms with Crippen LogP contribution in [0.5, 0.6) is 0 Å². The van der Waals surface area contributed by atoms with Crippen molar-refractivity contribution in [2.24, 2.45) is 0 Å². The van der Waals surface area contributed by atoms with Crippen LogP contribution in [-0.4, -0.2) is 51.0 Å². The van der Waals surface area contributed by atoms with Crippen molar-refractivity contribution in [2.75, 3.05) is 17.7 Å². The zero-order valence-corrected chi connectivity index (χ0v) is 20.1. The number of nitrogens with zero attached hydrogens (tertiary/aromatic N) is 5. The van der Waals surface area contributed by atoms with Gasteiger partial charge < -0.3 is 19.7 Å². The number of aromatic nitrogens is 4. The van der Waals surface area contributed by atoms with Gasteiger partial charge >= 0.3 is 0 Å². The third kappa shape index (κ3) is 4.73. The Morgan fingerprint density at radius 3 is 2.36 bits per heavy atom. The van der Waals surface area contributed by atoms with Gasteiger partial charge in [-0.3, -0.25) is 0 Å². The quantitative estimate of drug-likeness (QED) is 0.580. The van der Waals surface area contributed by atoms with Crippen LogP contribution in [0.4, 0.5) is 5.95 Å². The van der Waals surface area contributed by atoms with Gasteiger partial charge in [-0.25, -0.2) is 23.4 Å². The lowest BCUT2D eigenvalue weighted by atomic mass is 10.2. The highest BCUT2D eigenvalue weighted by Crippen LogP contribution is 2.41. The number of benzene rings is 1. The number of hydrogen-bond acceptors (Lipinski definition) is 8. The van der Waals surface area contributed by atoms with Crippen molar-refractivity contribution in [3.8, 4) is 0 Å². The highest BCUT2D eigenvalue weighted by atomic mass is 32.2. The van der Waals surface area contributed by atoms with Gasteiger partial charge in [-0.15, -0.1) is 0 Å². The lowest BCUT2D eigenvalue weighted by Crippen LogP contribution is -2.35. The van der Waals surface area contributed by atoms with Gasteiger partial charge in [-0.05, 0) is 30.5 Å². The molecule has 2 aromatic heterocycles. The second-order valence-electron chi connectivity index (χ2n) is 8.70. The molecule has 0 unspecified atom stereocenters. The smallest absolute Gasteiger partial charge is 0.226 e. The molecule has 10 heteroatoms. The van der Waals surface area contributed by atoms with Crippen molar-refractivity contribution in [3.63, 3.8) is 0 Å². The van der Waals surface area contributed by atoms with E-state index in [-0.39, 0.29) is 18.1 Å². The van der Waals surface area contributed by atoms with Gasteiger partial charge in [0.15, 0.2) is 9.84 Å². The van der Waals surface area contributed by atoms with E-state index in [0.717, 1.165) is 41.7 Å². The molecule has 2 N–H and O–H groups in total. The fraction of sp³-hybridized carbons (Fsp3) is 0.522. The number of imidazole rings is 1. The van der Waals surface area contributed by atoms with E-state index in [2.05, 4.69) is 28.7 Å². The molecule has 0 radical (unpaired) electrons. The van der Waals surface area contributed by atoms with Crippen LogP contribution in [0.25, 0.3) is 11.0 Å². The zero-order valence-electron chi connectivity index (χ0n) is 19.3. The number of hydrogen-bond donors (Lipinski definition) is 2. The molecule has 1 aromatic carbocycles. The van der Waals surface area contributed by atoms with Gasteiger partial charge in [0.05, 0.1) is 41.4 Å². The van der Waals surface area contributed by atoms with Gasteiger partial charge in [0.25, 0.3) is 0 Å². The lowest BCUT2D eigenvalue weighted by molar-refractivity contribution is 0.278. The van der Waals surface area contributed by atoms with Crippen molar-refractivity contribution in [1.82, 2.24) is 19.5 Å². The maximum atomic E-state index is 12.1. The van der Waals surface area contributed by atoms with E-state index in [9.17, 15) is 18.6 Å². The fourth-order valence-electron chi connectivity index (χ4n) is 4.12. The topological polar surface area (TPSA) is 121 Å². The summed E-state index contributed by atoms with van der Waals surface area (Å²) in [5.41, 5.74) is 3.49. The molecule has 0 amide bonds. The maximum Gasteiger partial charge on any atom is 0.226 e. The van der Waals surface area contributed by atoms with Crippen LogP contribution >= 0.6 is 0 Å². The Bertz CT molecular complexity index is 1270. The Labute approximate surface area is 194 Å². The van der Waals surface area contributed by atoms with E-state index < -0.39 is 9.84 Å². The van der Waals surface area contributed by atoms with Crippen LogP contribution in [0.3, 0.4) is 0 Å². The highest BCUT2D eigenvalue weighted by Gasteiger charge is 2.30. The minimum atomic E-state index is -3.46. The second kappa shape index (κ2) is 9.36. The maximum absolute atomic E-state index is 12.1. The summed E-state index contributed by atoms with van der Waals surface area (Å²) in [6.07, 6.45) is 6.29. The Morgan fingerprint density at radius 2 is 1.76 bits per heavy atom. The number of aliphatic hydroxyl groups is 2. The molecule has 1 aliphatic carbocycles. The number of anilines is 1. The molecule has 2 aliphatic rings. The van der Waals surface area contributed by atoms with Gasteiger partial charge in [0.2, 0.25) is 5.95 Å². The van der Waals surface area contributed by atoms with Crippen LogP contribution in [0, 0.1) is 0 Å². The van der Waals surface area contributed by atoms with Crippen LogP contribution < -0.4 is 4.90 Å². The summed E-state index contributed by atoms with van der Waals surface area (Å²) in [5, 5.41) is 19.2. The molecule has 3 heterocycles. The van der Waals surface area contributed by atoms with E-state index in [1.54, 1.807) is 18.3 Å². The van der Waals surface area contributed by atoms with Crippen LogP contribution in [-0.2, 0) is 36.1 Å². The second-order valence-corrected chi connectivity index (χ2v) is 10.7. The summed E-state index contributed by atoms with van der Waals surface area (Å²) < 4.78 is 26.3. The molecule has 0 bridgehead atoms. The first-order valence-corrected chi connectivity index (χ1v) is 13.2. The third-order valence-electron chi connectivity index (χ3n) is 5.81. The van der Waals surface area contributed by atoms with Gasteiger partial charge in [0, 0.05) is 37.0 Å². The summed E-state index contributed by atoms with van der Waals surface area (Å²) in [4.78, 5) is 16.1. The largest absolute Gasteiger partial charge is 0.392 e. The van der Waals surface area contributed by atoms with E-state index in [4.69, 9.17) is 4.98 Å². The van der Waals surface area contributed by atoms with Crippen molar-refractivity contribution < 1.29 is 18.6 Å². The standard InChI is InChI=1S/C20H23N5O4S.C3H8/c1-30(28,29)17-7-16-15(6-13(17)10-26)22-18-9-24(4-5-25(16)18)20-21-8-14(11-27)19(23-20)12-2-3-12;1-3-2/h6-8,12,26-27H,2-5,9-11H2,1H3;3H2,1-2H3. The molecular weight excluding hydrogens is 442 g/mol. The van der Waals surface area contributed by atoms with Crippen molar-refractivity contribution in [3.05, 3.63) is 41.0 Å². The SMILES string of the molecule is CCC.CS(=O)(=O)c1cc2c(cc1CO)nc1n2CCN(c2ncc(CO)c(C3CC3)n2)C1. The normalized spacial score (nSPS) is 15.8. The molecule has 0 saturated heterocycles. The average Bonchev–Trinajstić information content (AvgIpc) is 3.58. The van der Waals surface area contributed by atoms with Crippen LogP contribution in [0.15, 0.2) is 23.2 Å². The molecule has 3 aromatic rings. The third-order valence-corrected chi connectivity index (χ3v) is 6.99. The summed E-state index contributed by atoms with van der Waals surface area (Å²) >= 11 is 0. The Kier molecular flexibility index (Phi) is 6.69. The predicted molar refractivity (Wildman–Crippen MR) is 126 cm³/mol.